The molecule has 2 rings (SSSR count). The number of carbonyl (C=O) groups excluding carboxylic acids is 1. The van der Waals surface area contributed by atoms with Crippen LogP contribution in [0.1, 0.15) is 35.8 Å². The SMILES string of the molecule is CC(C)c1cc(NC(=O)c2ccc(Br)cc2F)n[nH]1. The van der Waals surface area contributed by atoms with Gasteiger partial charge in [-0.2, -0.15) is 5.10 Å². The molecule has 0 bridgehead atoms. The van der Waals surface area contributed by atoms with Gasteiger partial charge in [0.15, 0.2) is 5.82 Å². The van der Waals surface area contributed by atoms with E-state index in [4.69, 9.17) is 0 Å². The Morgan fingerprint density at radius 2 is 2.16 bits per heavy atom. The van der Waals surface area contributed by atoms with Crippen LogP contribution in [0, 0.1) is 5.82 Å². The molecule has 4 nitrogen and oxygen atoms in total. The van der Waals surface area contributed by atoms with Gasteiger partial charge in [0.25, 0.3) is 5.91 Å². The quantitative estimate of drug-likeness (QED) is 0.904. The van der Waals surface area contributed by atoms with E-state index in [0.717, 1.165) is 5.69 Å². The summed E-state index contributed by atoms with van der Waals surface area (Å²) in [6, 6.07) is 6.02. The van der Waals surface area contributed by atoms with E-state index < -0.39 is 11.7 Å². The number of amides is 1. The fraction of sp³-hybridized carbons (Fsp3) is 0.231. The van der Waals surface area contributed by atoms with Crippen LogP contribution < -0.4 is 5.32 Å². The Morgan fingerprint density at radius 1 is 1.42 bits per heavy atom. The molecular formula is C13H13BrFN3O. The number of nitrogens with one attached hydrogen (secondary N) is 2. The lowest BCUT2D eigenvalue weighted by Crippen LogP contribution is -2.13. The third kappa shape index (κ3) is 3.20. The second-order valence-corrected chi connectivity index (χ2v) is 5.36. The first-order chi connectivity index (χ1) is 8.97. The average Bonchev–Trinajstić information content (AvgIpc) is 2.77. The van der Waals surface area contributed by atoms with Gasteiger partial charge in [-0.15, -0.1) is 0 Å². The van der Waals surface area contributed by atoms with Gasteiger partial charge in [0.05, 0.1) is 5.56 Å². The molecule has 0 saturated carbocycles. The maximum atomic E-state index is 13.6. The summed E-state index contributed by atoms with van der Waals surface area (Å²) in [4.78, 5) is 11.9. The standard InChI is InChI=1S/C13H13BrFN3O/c1-7(2)11-6-12(18-17-11)16-13(19)9-4-3-8(14)5-10(9)15/h3-7H,1-2H3,(H2,16,17,18,19). The van der Waals surface area contributed by atoms with Gasteiger partial charge in [0.2, 0.25) is 0 Å². The second kappa shape index (κ2) is 5.52. The van der Waals surface area contributed by atoms with Gasteiger partial charge < -0.3 is 5.32 Å². The Morgan fingerprint density at radius 3 is 2.74 bits per heavy atom. The molecule has 6 heteroatoms. The van der Waals surface area contributed by atoms with Crippen LogP contribution in [0.4, 0.5) is 10.2 Å². The molecule has 1 aromatic heterocycles. The Balaban J connectivity index is 2.16. The van der Waals surface area contributed by atoms with E-state index in [9.17, 15) is 9.18 Å². The number of nitrogens with zero attached hydrogens (tertiary/aromatic N) is 1. The Bertz CT molecular complexity index is 610. The van der Waals surface area contributed by atoms with E-state index in [0.29, 0.717) is 10.3 Å². The smallest absolute Gasteiger partial charge is 0.259 e. The van der Waals surface area contributed by atoms with Gasteiger partial charge >= 0.3 is 0 Å². The molecule has 1 amide bonds. The molecule has 1 heterocycles. The number of halogens is 2. The van der Waals surface area contributed by atoms with E-state index in [2.05, 4.69) is 31.4 Å². The van der Waals surface area contributed by atoms with Crippen molar-refractivity contribution in [3.05, 3.63) is 45.8 Å². The van der Waals surface area contributed by atoms with Gasteiger partial charge in [-0.25, -0.2) is 4.39 Å². The molecule has 100 valence electrons. The van der Waals surface area contributed by atoms with Crippen molar-refractivity contribution in [2.45, 2.75) is 19.8 Å². The third-order valence-electron chi connectivity index (χ3n) is 2.64. The summed E-state index contributed by atoms with van der Waals surface area (Å²) < 4.78 is 14.2. The maximum Gasteiger partial charge on any atom is 0.259 e. The number of benzene rings is 1. The molecule has 0 unspecified atom stereocenters. The highest BCUT2D eigenvalue weighted by atomic mass is 79.9. The normalized spacial score (nSPS) is 10.8. The lowest BCUT2D eigenvalue weighted by atomic mass is 10.1. The van der Waals surface area contributed by atoms with Crippen molar-refractivity contribution < 1.29 is 9.18 Å². The largest absolute Gasteiger partial charge is 0.305 e. The highest BCUT2D eigenvalue weighted by Crippen LogP contribution is 2.18. The number of aromatic amines is 1. The van der Waals surface area contributed by atoms with Gasteiger partial charge in [0.1, 0.15) is 5.82 Å². The zero-order chi connectivity index (χ0) is 14.0. The second-order valence-electron chi connectivity index (χ2n) is 4.44. The van der Waals surface area contributed by atoms with Crippen molar-refractivity contribution in [1.29, 1.82) is 0 Å². The molecule has 0 atom stereocenters. The maximum absolute atomic E-state index is 13.6. The number of H-pyrrole nitrogens is 1. The van der Waals surface area contributed by atoms with Crippen LogP contribution in [0.15, 0.2) is 28.7 Å². The monoisotopic (exact) mass is 325 g/mol. The average molecular weight is 326 g/mol. The highest BCUT2D eigenvalue weighted by molar-refractivity contribution is 9.10. The molecule has 0 aliphatic rings. The van der Waals surface area contributed by atoms with Crippen LogP contribution in [0.5, 0.6) is 0 Å². The molecule has 0 aliphatic carbocycles. The van der Waals surface area contributed by atoms with Crippen molar-refractivity contribution in [2.75, 3.05) is 5.32 Å². The van der Waals surface area contributed by atoms with Crippen LogP contribution in [0.25, 0.3) is 0 Å². The first-order valence-corrected chi connectivity index (χ1v) is 6.58. The minimum Gasteiger partial charge on any atom is -0.305 e. The number of carbonyl (C=O) groups is 1. The molecule has 2 N–H and O–H groups in total. The molecule has 1 aromatic carbocycles. The highest BCUT2D eigenvalue weighted by Gasteiger charge is 2.14. The van der Waals surface area contributed by atoms with Gasteiger partial charge in [-0.3, -0.25) is 9.89 Å². The first kappa shape index (κ1) is 13.7. The zero-order valence-electron chi connectivity index (χ0n) is 10.5. The molecular weight excluding hydrogens is 313 g/mol. The Labute approximate surface area is 118 Å². The van der Waals surface area contributed by atoms with E-state index >= 15 is 0 Å². The van der Waals surface area contributed by atoms with E-state index in [1.165, 1.54) is 12.1 Å². The molecule has 0 fully saturated rings. The third-order valence-corrected chi connectivity index (χ3v) is 3.13. The van der Waals surface area contributed by atoms with Crippen LogP contribution in [0.2, 0.25) is 0 Å². The number of aromatic nitrogens is 2. The number of hydrogen-bond acceptors (Lipinski definition) is 2. The van der Waals surface area contributed by atoms with Crippen LogP contribution in [0.3, 0.4) is 0 Å². The summed E-state index contributed by atoms with van der Waals surface area (Å²) in [7, 11) is 0. The fourth-order valence-corrected chi connectivity index (χ4v) is 1.89. The number of hydrogen-bond donors (Lipinski definition) is 2. The summed E-state index contributed by atoms with van der Waals surface area (Å²) in [6.45, 7) is 4.01. The summed E-state index contributed by atoms with van der Waals surface area (Å²) >= 11 is 3.14. The van der Waals surface area contributed by atoms with Crippen molar-refractivity contribution >= 4 is 27.7 Å². The molecule has 0 saturated heterocycles. The summed E-state index contributed by atoms with van der Waals surface area (Å²) in [5.74, 6) is -0.433. The van der Waals surface area contributed by atoms with E-state index in [-0.39, 0.29) is 11.5 Å². The summed E-state index contributed by atoms with van der Waals surface area (Å²) in [5.41, 5.74) is 0.892. The summed E-state index contributed by atoms with van der Waals surface area (Å²) in [6.07, 6.45) is 0. The lowest BCUT2D eigenvalue weighted by Gasteiger charge is -2.03. The Kier molecular flexibility index (Phi) is 3.99. The van der Waals surface area contributed by atoms with Gasteiger partial charge in [0, 0.05) is 16.2 Å². The summed E-state index contributed by atoms with van der Waals surface area (Å²) in [5, 5.41) is 9.34. The Hall–Kier alpha value is -1.69. The fourth-order valence-electron chi connectivity index (χ4n) is 1.55. The molecule has 0 radical (unpaired) electrons. The van der Waals surface area contributed by atoms with Crippen LogP contribution in [-0.2, 0) is 0 Å². The van der Waals surface area contributed by atoms with Crippen LogP contribution in [-0.4, -0.2) is 16.1 Å². The molecule has 0 aliphatic heterocycles. The van der Waals surface area contributed by atoms with E-state index in [1.54, 1.807) is 12.1 Å². The van der Waals surface area contributed by atoms with Gasteiger partial charge in [-0.1, -0.05) is 29.8 Å². The minimum atomic E-state index is -0.577. The van der Waals surface area contributed by atoms with Crippen LogP contribution >= 0.6 is 15.9 Å². The van der Waals surface area contributed by atoms with Crippen molar-refractivity contribution in [2.24, 2.45) is 0 Å². The first-order valence-electron chi connectivity index (χ1n) is 5.79. The molecule has 19 heavy (non-hydrogen) atoms. The zero-order valence-corrected chi connectivity index (χ0v) is 12.1. The lowest BCUT2D eigenvalue weighted by molar-refractivity contribution is 0.102. The number of rotatable bonds is 3. The van der Waals surface area contributed by atoms with Gasteiger partial charge in [-0.05, 0) is 24.1 Å². The molecule has 2 aromatic rings. The van der Waals surface area contributed by atoms with E-state index in [1.807, 2.05) is 13.8 Å². The molecule has 0 spiro atoms. The topological polar surface area (TPSA) is 57.8 Å². The van der Waals surface area contributed by atoms with Crippen molar-refractivity contribution in [3.8, 4) is 0 Å². The predicted molar refractivity (Wildman–Crippen MR) is 74.7 cm³/mol. The predicted octanol–water partition coefficient (Wildman–Crippen LogP) is 3.69. The van der Waals surface area contributed by atoms with Crippen molar-refractivity contribution in [1.82, 2.24) is 10.2 Å². The van der Waals surface area contributed by atoms with Crippen molar-refractivity contribution in [3.63, 3.8) is 0 Å². The number of anilines is 1. The minimum absolute atomic E-state index is 0.0164.